The summed E-state index contributed by atoms with van der Waals surface area (Å²) in [6.45, 7) is 0. The minimum Gasteiger partial charge on any atom is -0.319 e. The Bertz CT molecular complexity index is 368. The van der Waals surface area contributed by atoms with Crippen LogP contribution in [0.2, 0.25) is 0 Å². The predicted octanol–water partition coefficient (Wildman–Crippen LogP) is 0.535. The number of Topliss-reactive ketones (excluding diaryl/α,β-unsaturated/α-hetero) is 1. The lowest BCUT2D eigenvalue weighted by Gasteiger charge is -2.15. The molecule has 3 nitrogen and oxygen atoms in total. The molecule has 0 spiro atoms. The number of alkyl halides is 2. The number of rotatable bonds is 0. The van der Waals surface area contributed by atoms with Crippen LogP contribution in [-0.4, -0.2) is 17.6 Å². The van der Waals surface area contributed by atoms with Crippen molar-refractivity contribution in [3.63, 3.8) is 0 Å². The van der Waals surface area contributed by atoms with Gasteiger partial charge in [-0.3, -0.25) is 9.59 Å². The highest BCUT2D eigenvalue weighted by Gasteiger charge is 2.38. The fraction of sp³-hybridized carbons (Fsp3) is 0.250. The van der Waals surface area contributed by atoms with Crippen LogP contribution >= 0.6 is 0 Å². The van der Waals surface area contributed by atoms with Crippen molar-refractivity contribution in [3.8, 4) is 0 Å². The SMILES string of the molecule is O=C1NC2=CC(F)(F)CC=C2C1=O. The number of carbonyl (C=O) groups excluding carboxylic acids is 2. The molecule has 1 heterocycles. The van der Waals surface area contributed by atoms with Gasteiger partial charge in [0.25, 0.3) is 17.6 Å². The molecule has 5 heteroatoms. The quantitative estimate of drug-likeness (QED) is 0.559. The van der Waals surface area contributed by atoms with Crippen LogP contribution in [0.3, 0.4) is 0 Å². The van der Waals surface area contributed by atoms with Gasteiger partial charge < -0.3 is 5.32 Å². The van der Waals surface area contributed by atoms with Gasteiger partial charge in [-0.1, -0.05) is 6.08 Å². The number of carbonyl (C=O) groups is 2. The van der Waals surface area contributed by atoms with Crippen LogP contribution in [0.4, 0.5) is 8.78 Å². The van der Waals surface area contributed by atoms with E-state index in [4.69, 9.17) is 0 Å². The van der Waals surface area contributed by atoms with E-state index in [2.05, 4.69) is 5.32 Å². The summed E-state index contributed by atoms with van der Waals surface area (Å²) in [5.41, 5.74) is 0.00201. The van der Waals surface area contributed by atoms with E-state index < -0.39 is 24.0 Å². The van der Waals surface area contributed by atoms with Gasteiger partial charge in [0.15, 0.2) is 0 Å². The van der Waals surface area contributed by atoms with Crippen LogP contribution < -0.4 is 5.32 Å². The van der Waals surface area contributed by atoms with Crippen molar-refractivity contribution in [1.29, 1.82) is 0 Å². The highest BCUT2D eigenvalue weighted by atomic mass is 19.3. The second-order valence-corrected chi connectivity index (χ2v) is 2.92. The minimum atomic E-state index is -2.96. The first kappa shape index (κ1) is 8.10. The normalized spacial score (nSPS) is 24.8. The Morgan fingerprint density at radius 1 is 1.38 bits per heavy atom. The van der Waals surface area contributed by atoms with E-state index in [0.29, 0.717) is 6.08 Å². The van der Waals surface area contributed by atoms with Crippen molar-refractivity contribution in [3.05, 3.63) is 23.4 Å². The zero-order valence-corrected chi connectivity index (χ0v) is 6.43. The summed E-state index contributed by atoms with van der Waals surface area (Å²) in [6, 6.07) is 0. The largest absolute Gasteiger partial charge is 0.319 e. The van der Waals surface area contributed by atoms with E-state index in [9.17, 15) is 18.4 Å². The average molecular weight is 185 g/mol. The second kappa shape index (κ2) is 2.25. The summed E-state index contributed by atoms with van der Waals surface area (Å²) < 4.78 is 25.4. The summed E-state index contributed by atoms with van der Waals surface area (Å²) in [5, 5.41) is 2.09. The summed E-state index contributed by atoms with van der Waals surface area (Å²) in [6.07, 6.45) is 1.19. The number of halogens is 2. The van der Waals surface area contributed by atoms with Crippen molar-refractivity contribution < 1.29 is 18.4 Å². The van der Waals surface area contributed by atoms with Crippen LogP contribution in [0, 0.1) is 0 Å². The molecule has 0 atom stereocenters. The maximum Gasteiger partial charge on any atom is 0.296 e. The molecular formula is C8H5F2NO2. The number of ketones is 1. The first-order valence-electron chi connectivity index (χ1n) is 3.66. The fourth-order valence-corrected chi connectivity index (χ4v) is 1.32. The Morgan fingerprint density at radius 2 is 2.08 bits per heavy atom. The van der Waals surface area contributed by atoms with E-state index in [-0.39, 0.29) is 11.3 Å². The molecule has 0 unspecified atom stereocenters. The Kier molecular flexibility index (Phi) is 1.40. The molecule has 1 aliphatic carbocycles. The van der Waals surface area contributed by atoms with Crippen LogP contribution in [-0.2, 0) is 9.59 Å². The van der Waals surface area contributed by atoms with Gasteiger partial charge in [-0.15, -0.1) is 0 Å². The lowest BCUT2D eigenvalue weighted by molar-refractivity contribution is -0.133. The number of amides is 1. The first-order chi connectivity index (χ1) is 5.99. The van der Waals surface area contributed by atoms with Gasteiger partial charge in [0.1, 0.15) is 0 Å². The molecule has 1 N–H and O–H groups in total. The lowest BCUT2D eigenvalue weighted by atomic mass is 10.0. The third kappa shape index (κ3) is 1.16. The number of fused-ring (bicyclic) bond motifs is 1. The van der Waals surface area contributed by atoms with E-state index >= 15 is 0 Å². The summed E-state index contributed by atoms with van der Waals surface area (Å²) in [5.74, 6) is -4.53. The second-order valence-electron chi connectivity index (χ2n) is 2.92. The van der Waals surface area contributed by atoms with Crippen molar-refractivity contribution in [2.24, 2.45) is 0 Å². The van der Waals surface area contributed by atoms with Crippen molar-refractivity contribution in [2.75, 3.05) is 0 Å². The molecule has 1 amide bonds. The van der Waals surface area contributed by atoms with Gasteiger partial charge in [-0.25, -0.2) is 8.78 Å². The zero-order valence-electron chi connectivity index (χ0n) is 6.43. The van der Waals surface area contributed by atoms with Gasteiger partial charge in [0.2, 0.25) is 0 Å². The highest BCUT2D eigenvalue weighted by molar-refractivity contribution is 6.47. The first-order valence-corrected chi connectivity index (χ1v) is 3.66. The summed E-state index contributed by atoms with van der Waals surface area (Å²) >= 11 is 0. The smallest absolute Gasteiger partial charge is 0.296 e. The standard InChI is InChI=1S/C8H5F2NO2/c9-8(10)2-1-4-5(3-8)11-7(13)6(4)12/h1,3H,2H2,(H,11,13). The molecule has 0 aromatic heterocycles. The summed E-state index contributed by atoms with van der Waals surface area (Å²) in [7, 11) is 0. The third-order valence-corrected chi connectivity index (χ3v) is 1.92. The molecule has 2 rings (SSSR count). The predicted molar refractivity (Wildman–Crippen MR) is 38.9 cm³/mol. The van der Waals surface area contributed by atoms with E-state index in [0.717, 1.165) is 6.08 Å². The van der Waals surface area contributed by atoms with Crippen molar-refractivity contribution in [2.45, 2.75) is 12.3 Å². The number of hydrogen-bond donors (Lipinski definition) is 1. The van der Waals surface area contributed by atoms with Crippen LogP contribution in [0.15, 0.2) is 23.4 Å². The Morgan fingerprint density at radius 3 is 2.77 bits per heavy atom. The molecule has 0 aromatic rings. The molecular weight excluding hydrogens is 180 g/mol. The maximum absolute atomic E-state index is 12.7. The zero-order chi connectivity index (χ0) is 9.64. The van der Waals surface area contributed by atoms with Gasteiger partial charge in [-0.2, -0.15) is 0 Å². The third-order valence-electron chi connectivity index (χ3n) is 1.92. The van der Waals surface area contributed by atoms with Crippen molar-refractivity contribution in [1.82, 2.24) is 5.32 Å². The molecule has 0 bridgehead atoms. The van der Waals surface area contributed by atoms with Gasteiger partial charge in [-0.05, 0) is 0 Å². The topological polar surface area (TPSA) is 46.2 Å². The van der Waals surface area contributed by atoms with E-state index in [1.165, 1.54) is 0 Å². The molecule has 0 saturated carbocycles. The molecule has 2 aliphatic rings. The molecule has 1 fully saturated rings. The highest BCUT2D eigenvalue weighted by Crippen LogP contribution is 2.32. The Hall–Kier alpha value is -1.52. The molecule has 1 saturated heterocycles. The van der Waals surface area contributed by atoms with Crippen molar-refractivity contribution >= 4 is 11.7 Å². The average Bonchev–Trinajstić information content (AvgIpc) is 2.25. The Labute approximate surface area is 72.1 Å². The van der Waals surface area contributed by atoms with Gasteiger partial charge >= 0.3 is 0 Å². The monoisotopic (exact) mass is 185 g/mol. The number of nitrogens with one attached hydrogen (secondary N) is 1. The number of hydrogen-bond acceptors (Lipinski definition) is 2. The fourth-order valence-electron chi connectivity index (χ4n) is 1.32. The van der Waals surface area contributed by atoms with E-state index in [1.807, 2.05) is 0 Å². The molecule has 0 aromatic carbocycles. The maximum atomic E-state index is 12.7. The number of allylic oxidation sites excluding steroid dienone is 3. The Balaban J connectivity index is 2.44. The van der Waals surface area contributed by atoms with E-state index in [1.54, 1.807) is 0 Å². The van der Waals surface area contributed by atoms with Crippen LogP contribution in [0.25, 0.3) is 0 Å². The molecule has 0 radical (unpaired) electrons. The molecule has 68 valence electrons. The molecule has 13 heavy (non-hydrogen) atoms. The van der Waals surface area contributed by atoms with Crippen LogP contribution in [0.1, 0.15) is 6.42 Å². The van der Waals surface area contributed by atoms with Gasteiger partial charge in [0.05, 0.1) is 5.70 Å². The summed E-state index contributed by atoms with van der Waals surface area (Å²) in [4.78, 5) is 21.7. The van der Waals surface area contributed by atoms with Gasteiger partial charge in [0, 0.05) is 18.1 Å². The van der Waals surface area contributed by atoms with Crippen LogP contribution in [0.5, 0.6) is 0 Å². The molecule has 1 aliphatic heterocycles. The minimum absolute atomic E-state index is 0.0637. The lowest BCUT2D eigenvalue weighted by Crippen LogP contribution is -2.20.